The van der Waals surface area contributed by atoms with E-state index in [4.69, 9.17) is 14.9 Å². The number of hydrogen-bond acceptors (Lipinski definition) is 5. The van der Waals surface area contributed by atoms with Crippen molar-refractivity contribution in [2.45, 2.75) is 79.2 Å². The molecule has 1 aliphatic carbocycles. The molecule has 1 atom stereocenters. The minimum Gasteiger partial charge on any atom is -0.490 e. The van der Waals surface area contributed by atoms with Crippen molar-refractivity contribution in [3.05, 3.63) is 83.0 Å². The molecule has 0 saturated heterocycles. The standard InChI is InChI=1S/C33H41NO7/c1-22(11-17-28-24(3)10-7-19-33(28,4)5)8-6-9-23(2)20-30(36)34-25-12-14-26(15-13-25)41-27(16-18-31(37)38)21-29(35)32(39)40/h6,8-9,11-15,17,20,27H,7,10,16,18-19,21H2,1-5H3,(H,34,36)(H,37,38)(H,39,40)/b9-6+,17-11+,22-8+,23-20+. The predicted octanol–water partition coefficient (Wildman–Crippen LogP) is 6.81. The fourth-order valence-corrected chi connectivity index (χ4v) is 4.66. The first-order valence-corrected chi connectivity index (χ1v) is 13.7. The van der Waals surface area contributed by atoms with Gasteiger partial charge >= 0.3 is 11.9 Å². The number of carbonyl (C=O) groups excluding carboxylic acids is 2. The van der Waals surface area contributed by atoms with E-state index in [1.165, 1.54) is 30.1 Å². The summed E-state index contributed by atoms with van der Waals surface area (Å²) < 4.78 is 5.65. The summed E-state index contributed by atoms with van der Waals surface area (Å²) in [5, 5.41) is 20.5. The van der Waals surface area contributed by atoms with Crippen LogP contribution in [0.1, 0.15) is 73.1 Å². The molecule has 0 fully saturated rings. The van der Waals surface area contributed by atoms with Crippen LogP contribution in [-0.2, 0) is 19.2 Å². The third kappa shape index (κ3) is 11.8. The second-order valence-electron chi connectivity index (χ2n) is 11.0. The van der Waals surface area contributed by atoms with Crippen LogP contribution in [0.15, 0.2) is 83.0 Å². The first kappa shape index (κ1) is 33.0. The van der Waals surface area contributed by atoms with Crippen LogP contribution in [0.25, 0.3) is 0 Å². The summed E-state index contributed by atoms with van der Waals surface area (Å²) in [6, 6.07) is 6.31. The number of nitrogens with one attached hydrogen (secondary N) is 1. The van der Waals surface area contributed by atoms with E-state index in [2.05, 4.69) is 38.2 Å². The Labute approximate surface area is 242 Å². The second kappa shape index (κ2) is 15.6. The number of allylic oxidation sites excluding steroid dienone is 9. The molecule has 1 aliphatic rings. The Morgan fingerprint density at radius 2 is 1.73 bits per heavy atom. The molecule has 41 heavy (non-hydrogen) atoms. The molecule has 3 N–H and O–H groups in total. The lowest BCUT2D eigenvalue weighted by molar-refractivity contribution is -0.150. The molecule has 1 aromatic rings. The lowest BCUT2D eigenvalue weighted by atomic mass is 9.72. The van der Waals surface area contributed by atoms with Gasteiger partial charge in [-0.3, -0.25) is 14.4 Å². The van der Waals surface area contributed by atoms with E-state index in [-0.39, 0.29) is 24.2 Å². The van der Waals surface area contributed by atoms with E-state index in [9.17, 15) is 19.2 Å². The Balaban J connectivity index is 1.95. The molecule has 2 rings (SSSR count). The Morgan fingerprint density at radius 1 is 1.05 bits per heavy atom. The van der Waals surface area contributed by atoms with Gasteiger partial charge in [0, 0.05) is 18.2 Å². The van der Waals surface area contributed by atoms with Crippen molar-refractivity contribution in [1.29, 1.82) is 0 Å². The van der Waals surface area contributed by atoms with Crippen molar-refractivity contribution in [1.82, 2.24) is 0 Å². The molecule has 0 spiro atoms. The monoisotopic (exact) mass is 563 g/mol. The maximum atomic E-state index is 12.5. The first-order chi connectivity index (χ1) is 19.3. The van der Waals surface area contributed by atoms with Crippen LogP contribution in [0.5, 0.6) is 5.75 Å². The number of ketones is 1. The van der Waals surface area contributed by atoms with E-state index in [1.807, 2.05) is 32.1 Å². The van der Waals surface area contributed by atoms with Gasteiger partial charge in [-0.05, 0) is 87.3 Å². The quantitative estimate of drug-likeness (QED) is 0.129. The van der Waals surface area contributed by atoms with E-state index in [0.29, 0.717) is 11.4 Å². The maximum Gasteiger partial charge on any atom is 0.372 e. The number of benzene rings is 1. The lowest BCUT2D eigenvalue weighted by Gasteiger charge is -2.32. The fraction of sp³-hybridized carbons (Fsp3) is 0.394. The molecular weight excluding hydrogens is 522 g/mol. The molecule has 220 valence electrons. The molecule has 0 bridgehead atoms. The minimum absolute atomic E-state index is 0.0225. The number of amides is 1. The molecule has 8 nitrogen and oxygen atoms in total. The van der Waals surface area contributed by atoms with Gasteiger partial charge in [0.05, 0.1) is 6.42 Å². The Hall–Kier alpha value is -4.20. The number of carboxylic acids is 2. The van der Waals surface area contributed by atoms with E-state index >= 15 is 0 Å². The number of aliphatic carboxylic acids is 2. The third-order valence-corrected chi connectivity index (χ3v) is 6.89. The summed E-state index contributed by atoms with van der Waals surface area (Å²) in [5.74, 6) is -3.72. The number of hydrogen-bond donors (Lipinski definition) is 3. The van der Waals surface area contributed by atoms with Crippen molar-refractivity contribution >= 4 is 29.3 Å². The van der Waals surface area contributed by atoms with Crippen LogP contribution in [0.4, 0.5) is 5.69 Å². The zero-order valence-electron chi connectivity index (χ0n) is 24.5. The smallest absolute Gasteiger partial charge is 0.372 e. The normalized spacial score (nSPS) is 16.6. The largest absolute Gasteiger partial charge is 0.490 e. The number of ether oxygens (including phenoxy) is 1. The maximum absolute atomic E-state index is 12.5. The molecule has 0 aliphatic heterocycles. The number of carbonyl (C=O) groups is 4. The highest BCUT2D eigenvalue weighted by molar-refractivity contribution is 6.32. The van der Waals surface area contributed by atoms with Crippen molar-refractivity contribution in [2.24, 2.45) is 5.41 Å². The number of rotatable bonds is 14. The average molecular weight is 564 g/mol. The second-order valence-corrected chi connectivity index (χ2v) is 11.0. The van der Waals surface area contributed by atoms with Gasteiger partial charge in [-0.1, -0.05) is 55.4 Å². The van der Waals surface area contributed by atoms with E-state index in [0.717, 1.165) is 17.6 Å². The number of carboxylic acid groups (broad SMARTS) is 2. The van der Waals surface area contributed by atoms with Crippen molar-refractivity contribution < 1.29 is 34.1 Å². The Morgan fingerprint density at radius 3 is 2.34 bits per heavy atom. The lowest BCUT2D eigenvalue weighted by Crippen LogP contribution is -2.26. The average Bonchev–Trinajstić information content (AvgIpc) is 2.87. The van der Waals surface area contributed by atoms with Gasteiger partial charge in [-0.2, -0.15) is 0 Å². The summed E-state index contributed by atoms with van der Waals surface area (Å²) in [6.07, 6.45) is 13.6. The highest BCUT2D eigenvalue weighted by Gasteiger charge is 2.26. The van der Waals surface area contributed by atoms with Crippen molar-refractivity contribution in [2.75, 3.05) is 5.32 Å². The van der Waals surface area contributed by atoms with E-state index < -0.39 is 30.2 Å². The summed E-state index contributed by atoms with van der Waals surface area (Å²) in [6.45, 7) is 10.7. The summed E-state index contributed by atoms with van der Waals surface area (Å²) in [5.41, 5.74) is 5.46. The van der Waals surface area contributed by atoms with Crippen LogP contribution >= 0.6 is 0 Å². The summed E-state index contributed by atoms with van der Waals surface area (Å²) >= 11 is 0. The van der Waals surface area contributed by atoms with Crippen LogP contribution in [-0.4, -0.2) is 39.9 Å². The predicted molar refractivity (Wildman–Crippen MR) is 160 cm³/mol. The van der Waals surface area contributed by atoms with Crippen LogP contribution in [0, 0.1) is 5.41 Å². The zero-order chi connectivity index (χ0) is 30.6. The molecule has 8 heteroatoms. The minimum atomic E-state index is -1.60. The first-order valence-electron chi connectivity index (χ1n) is 13.7. The van der Waals surface area contributed by atoms with Crippen molar-refractivity contribution in [3.63, 3.8) is 0 Å². The van der Waals surface area contributed by atoms with Gasteiger partial charge in [-0.15, -0.1) is 0 Å². The topological polar surface area (TPSA) is 130 Å². The highest BCUT2D eigenvalue weighted by Crippen LogP contribution is 2.40. The van der Waals surface area contributed by atoms with Gasteiger partial charge in [0.15, 0.2) is 0 Å². The molecule has 0 heterocycles. The molecule has 1 amide bonds. The Bertz CT molecular complexity index is 1280. The molecule has 0 aromatic heterocycles. The number of anilines is 1. The van der Waals surface area contributed by atoms with Gasteiger partial charge in [0.25, 0.3) is 0 Å². The third-order valence-electron chi connectivity index (χ3n) is 6.89. The van der Waals surface area contributed by atoms with Gasteiger partial charge < -0.3 is 20.3 Å². The van der Waals surface area contributed by atoms with Crippen LogP contribution in [0.2, 0.25) is 0 Å². The van der Waals surface area contributed by atoms with E-state index in [1.54, 1.807) is 24.3 Å². The Kier molecular flexibility index (Phi) is 12.5. The summed E-state index contributed by atoms with van der Waals surface area (Å²) in [7, 11) is 0. The molecule has 0 radical (unpaired) electrons. The van der Waals surface area contributed by atoms with Gasteiger partial charge in [-0.25, -0.2) is 4.79 Å². The SMILES string of the molecule is CC1=C(/C=C/C(C)=C/C=C/C(C)=C/C(=O)Nc2ccc(OC(CCC(=O)O)CC(=O)C(=O)O)cc2)C(C)(C)CCC1. The highest BCUT2D eigenvalue weighted by atomic mass is 16.5. The van der Waals surface area contributed by atoms with Crippen molar-refractivity contribution in [3.8, 4) is 5.75 Å². The molecule has 1 unspecified atom stereocenters. The number of Topliss-reactive ketones (excluding diaryl/α,β-unsaturated/α-hetero) is 1. The van der Waals surface area contributed by atoms with Crippen LogP contribution in [0.3, 0.4) is 0 Å². The molecular formula is C33H41NO7. The fourth-order valence-electron chi connectivity index (χ4n) is 4.66. The summed E-state index contributed by atoms with van der Waals surface area (Å²) in [4.78, 5) is 45.8. The van der Waals surface area contributed by atoms with Gasteiger partial charge in [0.1, 0.15) is 11.9 Å². The molecule has 0 saturated carbocycles. The zero-order valence-corrected chi connectivity index (χ0v) is 24.5. The molecule has 1 aromatic carbocycles. The van der Waals surface area contributed by atoms with Gasteiger partial charge in [0.2, 0.25) is 11.7 Å². The van der Waals surface area contributed by atoms with Crippen LogP contribution < -0.4 is 10.1 Å².